The average molecular weight is 204 g/mol. The quantitative estimate of drug-likeness (QED) is 0.656. The number of nitrogens with one attached hydrogen (secondary N) is 1. The summed E-state index contributed by atoms with van der Waals surface area (Å²) in [6.45, 7) is 0. The Morgan fingerprint density at radius 3 is 2.57 bits per heavy atom. The third-order valence-corrected chi connectivity index (χ3v) is 1.82. The number of fused-ring (bicyclic) bond motifs is 1. The first-order valence-corrected chi connectivity index (χ1v) is 3.69. The molecule has 14 heavy (non-hydrogen) atoms. The van der Waals surface area contributed by atoms with Gasteiger partial charge in [-0.25, -0.2) is 9.37 Å². The summed E-state index contributed by atoms with van der Waals surface area (Å²) in [4.78, 5) is 5.91. The van der Waals surface area contributed by atoms with Crippen LogP contribution in [0.1, 0.15) is 5.56 Å². The molecule has 2 rings (SSSR count). The molecule has 0 amide bonds. The Hall–Kier alpha value is -1.59. The van der Waals surface area contributed by atoms with Crippen molar-refractivity contribution >= 4 is 11.0 Å². The Morgan fingerprint density at radius 1 is 1.21 bits per heavy atom. The highest BCUT2D eigenvalue weighted by Crippen LogP contribution is 2.35. The normalized spacial score (nSPS) is 12.3. The van der Waals surface area contributed by atoms with Crippen LogP contribution in [0.4, 0.5) is 17.6 Å². The zero-order valence-corrected chi connectivity index (χ0v) is 6.69. The van der Waals surface area contributed by atoms with E-state index in [9.17, 15) is 17.6 Å². The van der Waals surface area contributed by atoms with Crippen LogP contribution in [-0.2, 0) is 6.18 Å². The van der Waals surface area contributed by atoms with Gasteiger partial charge in [0.25, 0.3) is 0 Å². The standard InChI is InChI=1S/C8H4F4N2/c9-4-1-2-5-7(14-3-13-5)6(4)8(10,11)12/h1-3H,(H,13,14). The summed E-state index contributed by atoms with van der Waals surface area (Å²) in [6.07, 6.45) is -3.63. The van der Waals surface area contributed by atoms with Gasteiger partial charge in [-0.2, -0.15) is 13.2 Å². The molecule has 6 heteroatoms. The minimum absolute atomic E-state index is 0.165. The van der Waals surface area contributed by atoms with E-state index in [1.54, 1.807) is 0 Å². The number of aromatic amines is 1. The lowest BCUT2D eigenvalue weighted by molar-refractivity contribution is -0.138. The van der Waals surface area contributed by atoms with Crippen LogP contribution >= 0.6 is 0 Å². The van der Waals surface area contributed by atoms with E-state index in [0.717, 1.165) is 12.4 Å². The van der Waals surface area contributed by atoms with Gasteiger partial charge in [-0.15, -0.1) is 0 Å². The average Bonchev–Trinajstić information content (AvgIpc) is 2.48. The van der Waals surface area contributed by atoms with Crippen LogP contribution in [0.2, 0.25) is 0 Å². The summed E-state index contributed by atoms with van der Waals surface area (Å²) >= 11 is 0. The van der Waals surface area contributed by atoms with Gasteiger partial charge in [0, 0.05) is 0 Å². The molecule has 0 saturated carbocycles. The number of aromatic nitrogens is 2. The van der Waals surface area contributed by atoms with Crippen LogP contribution in [0.5, 0.6) is 0 Å². The molecule has 1 heterocycles. The first-order chi connectivity index (χ1) is 6.50. The van der Waals surface area contributed by atoms with E-state index < -0.39 is 23.1 Å². The molecule has 1 aromatic carbocycles. The maximum atomic E-state index is 12.9. The monoisotopic (exact) mass is 204 g/mol. The van der Waals surface area contributed by atoms with Gasteiger partial charge in [-0.1, -0.05) is 0 Å². The summed E-state index contributed by atoms with van der Waals surface area (Å²) in [5.41, 5.74) is -1.55. The molecule has 0 unspecified atom stereocenters. The lowest BCUT2D eigenvalue weighted by Crippen LogP contribution is -2.08. The van der Waals surface area contributed by atoms with Crippen molar-refractivity contribution in [1.29, 1.82) is 0 Å². The number of nitrogens with zero attached hydrogens (tertiary/aromatic N) is 1. The van der Waals surface area contributed by atoms with Crippen LogP contribution in [0.25, 0.3) is 11.0 Å². The van der Waals surface area contributed by atoms with Gasteiger partial charge in [-0.3, -0.25) is 0 Å². The first-order valence-electron chi connectivity index (χ1n) is 3.69. The van der Waals surface area contributed by atoms with Crippen molar-refractivity contribution in [3.63, 3.8) is 0 Å². The highest BCUT2D eigenvalue weighted by Gasteiger charge is 2.37. The number of imidazole rings is 1. The number of H-pyrrole nitrogens is 1. The zero-order valence-electron chi connectivity index (χ0n) is 6.69. The maximum Gasteiger partial charge on any atom is 0.421 e. The van der Waals surface area contributed by atoms with Crippen molar-refractivity contribution in [2.24, 2.45) is 0 Å². The Bertz CT molecular complexity index is 472. The molecule has 0 aliphatic heterocycles. The van der Waals surface area contributed by atoms with E-state index in [1.165, 1.54) is 6.07 Å². The van der Waals surface area contributed by atoms with Crippen molar-refractivity contribution < 1.29 is 17.6 Å². The maximum absolute atomic E-state index is 12.9. The molecule has 74 valence electrons. The van der Waals surface area contributed by atoms with Crippen LogP contribution in [0.15, 0.2) is 18.5 Å². The predicted molar refractivity (Wildman–Crippen MR) is 41.1 cm³/mol. The summed E-state index contributed by atoms with van der Waals surface area (Å²) in [6, 6.07) is 1.98. The molecular weight excluding hydrogens is 200 g/mol. The zero-order chi connectivity index (χ0) is 10.3. The molecule has 0 spiro atoms. The summed E-state index contributed by atoms with van der Waals surface area (Å²) < 4.78 is 50.0. The third-order valence-electron chi connectivity index (χ3n) is 1.82. The van der Waals surface area contributed by atoms with E-state index in [1.807, 2.05) is 0 Å². The number of benzene rings is 1. The van der Waals surface area contributed by atoms with Crippen molar-refractivity contribution in [1.82, 2.24) is 9.97 Å². The second-order valence-corrected chi connectivity index (χ2v) is 2.72. The van der Waals surface area contributed by atoms with Crippen molar-refractivity contribution in [3.8, 4) is 0 Å². The fourth-order valence-corrected chi connectivity index (χ4v) is 1.25. The SMILES string of the molecule is Fc1ccc2[nH]cnc2c1C(F)(F)F. The highest BCUT2D eigenvalue weighted by atomic mass is 19.4. The number of halogens is 4. The lowest BCUT2D eigenvalue weighted by atomic mass is 10.1. The van der Waals surface area contributed by atoms with E-state index >= 15 is 0 Å². The Morgan fingerprint density at radius 2 is 1.93 bits per heavy atom. The molecule has 0 aliphatic carbocycles. The van der Waals surface area contributed by atoms with Crippen LogP contribution in [0.3, 0.4) is 0 Å². The van der Waals surface area contributed by atoms with Gasteiger partial charge in [0.2, 0.25) is 0 Å². The lowest BCUT2D eigenvalue weighted by Gasteiger charge is -2.07. The smallest absolute Gasteiger partial charge is 0.345 e. The number of alkyl halides is 3. The number of rotatable bonds is 0. The van der Waals surface area contributed by atoms with E-state index in [0.29, 0.717) is 0 Å². The molecule has 0 saturated heterocycles. The minimum atomic E-state index is -4.72. The molecule has 0 radical (unpaired) electrons. The van der Waals surface area contributed by atoms with E-state index in [-0.39, 0.29) is 5.52 Å². The second-order valence-electron chi connectivity index (χ2n) is 2.72. The Balaban J connectivity index is 2.83. The topological polar surface area (TPSA) is 28.7 Å². The Labute approximate surface area is 75.6 Å². The molecule has 1 aromatic heterocycles. The summed E-state index contributed by atoms with van der Waals surface area (Å²) in [7, 11) is 0. The molecular formula is C8H4F4N2. The van der Waals surface area contributed by atoms with E-state index in [2.05, 4.69) is 9.97 Å². The van der Waals surface area contributed by atoms with Gasteiger partial charge in [0.05, 0.1) is 11.8 Å². The predicted octanol–water partition coefficient (Wildman–Crippen LogP) is 2.72. The van der Waals surface area contributed by atoms with Gasteiger partial charge in [0.1, 0.15) is 16.9 Å². The van der Waals surface area contributed by atoms with Crippen LogP contribution in [-0.4, -0.2) is 9.97 Å². The Kier molecular flexibility index (Phi) is 1.73. The van der Waals surface area contributed by atoms with Gasteiger partial charge in [-0.05, 0) is 12.1 Å². The van der Waals surface area contributed by atoms with Gasteiger partial charge >= 0.3 is 6.18 Å². The number of hydrogen-bond acceptors (Lipinski definition) is 1. The van der Waals surface area contributed by atoms with Crippen molar-refractivity contribution in [3.05, 3.63) is 29.8 Å². The molecule has 0 atom stereocenters. The first kappa shape index (κ1) is 8.98. The van der Waals surface area contributed by atoms with Gasteiger partial charge in [0.15, 0.2) is 0 Å². The fourth-order valence-electron chi connectivity index (χ4n) is 1.25. The minimum Gasteiger partial charge on any atom is -0.345 e. The number of hydrogen-bond donors (Lipinski definition) is 1. The molecule has 0 aliphatic rings. The summed E-state index contributed by atoms with van der Waals surface area (Å²) in [5.74, 6) is -1.31. The third kappa shape index (κ3) is 1.23. The molecule has 2 aromatic rings. The highest BCUT2D eigenvalue weighted by molar-refractivity contribution is 5.78. The largest absolute Gasteiger partial charge is 0.421 e. The van der Waals surface area contributed by atoms with Crippen LogP contribution < -0.4 is 0 Å². The molecule has 2 nitrogen and oxygen atoms in total. The summed E-state index contributed by atoms with van der Waals surface area (Å²) in [5, 5.41) is 0. The molecule has 0 bridgehead atoms. The molecule has 0 fully saturated rings. The second kappa shape index (κ2) is 2.70. The molecule has 1 N–H and O–H groups in total. The van der Waals surface area contributed by atoms with Crippen molar-refractivity contribution in [2.75, 3.05) is 0 Å². The van der Waals surface area contributed by atoms with E-state index in [4.69, 9.17) is 0 Å². The van der Waals surface area contributed by atoms with Crippen LogP contribution in [0, 0.1) is 5.82 Å². The van der Waals surface area contributed by atoms with Crippen molar-refractivity contribution in [2.45, 2.75) is 6.18 Å². The fraction of sp³-hybridized carbons (Fsp3) is 0.125. The van der Waals surface area contributed by atoms with Gasteiger partial charge < -0.3 is 4.98 Å².